The van der Waals surface area contributed by atoms with Crippen molar-refractivity contribution in [3.05, 3.63) is 17.7 Å². The normalized spacial score (nSPS) is 14.6. The molecule has 1 aliphatic rings. The number of rotatable bonds is 7. The van der Waals surface area contributed by atoms with Crippen LogP contribution in [0.2, 0.25) is 0 Å². The molecule has 1 heterocycles. The van der Waals surface area contributed by atoms with E-state index in [9.17, 15) is 9.59 Å². The number of ether oxygens (including phenoxy) is 3. The molecule has 1 saturated heterocycles. The van der Waals surface area contributed by atoms with Crippen LogP contribution in [0.15, 0.2) is 12.1 Å². The summed E-state index contributed by atoms with van der Waals surface area (Å²) in [7, 11) is 4.58. The molecule has 1 aliphatic heterocycles. The number of nitrogens with zero attached hydrogens (tertiary/aromatic N) is 2. The zero-order valence-corrected chi connectivity index (χ0v) is 17.6. The molecule has 7 heteroatoms. The van der Waals surface area contributed by atoms with Gasteiger partial charge in [-0.3, -0.25) is 9.59 Å². The molecule has 0 N–H and O–H groups in total. The standard InChI is InChI=1S/C21H32N2O5/c1-6-15(7-2)20(24)22-9-8-10-23(12-11-22)21(25)16-13-17(26-3)19(28-5)18(14-16)27-4/h13-15H,6-12H2,1-5H3. The second-order valence-electron chi connectivity index (χ2n) is 6.90. The van der Waals surface area contributed by atoms with Crippen LogP contribution in [0, 0.1) is 5.92 Å². The monoisotopic (exact) mass is 392 g/mol. The molecule has 156 valence electrons. The number of hydrogen-bond acceptors (Lipinski definition) is 5. The van der Waals surface area contributed by atoms with E-state index >= 15 is 0 Å². The van der Waals surface area contributed by atoms with Crippen LogP contribution in [0.4, 0.5) is 0 Å². The van der Waals surface area contributed by atoms with Crippen LogP contribution in [-0.4, -0.2) is 69.1 Å². The SMILES string of the molecule is CCC(CC)C(=O)N1CCCN(C(=O)c2cc(OC)c(OC)c(OC)c2)CC1. The molecule has 0 unspecified atom stereocenters. The molecule has 1 aromatic rings. The molecule has 7 nitrogen and oxygen atoms in total. The minimum absolute atomic E-state index is 0.0670. The molecule has 2 amide bonds. The van der Waals surface area contributed by atoms with Crippen molar-refractivity contribution in [1.82, 2.24) is 9.80 Å². The van der Waals surface area contributed by atoms with E-state index in [2.05, 4.69) is 0 Å². The number of carbonyl (C=O) groups is 2. The van der Waals surface area contributed by atoms with Gasteiger partial charge in [-0.25, -0.2) is 0 Å². The lowest BCUT2D eigenvalue weighted by Gasteiger charge is -2.25. The van der Waals surface area contributed by atoms with Gasteiger partial charge in [-0.2, -0.15) is 0 Å². The van der Waals surface area contributed by atoms with Crippen molar-refractivity contribution in [2.45, 2.75) is 33.1 Å². The lowest BCUT2D eigenvalue weighted by atomic mass is 10.0. The van der Waals surface area contributed by atoms with E-state index in [1.807, 2.05) is 18.7 Å². The van der Waals surface area contributed by atoms with Crippen molar-refractivity contribution < 1.29 is 23.8 Å². The molecule has 1 aromatic carbocycles. The Bertz CT molecular complexity index is 662. The van der Waals surface area contributed by atoms with Crippen LogP contribution in [0.5, 0.6) is 17.2 Å². The van der Waals surface area contributed by atoms with Gasteiger partial charge in [0.25, 0.3) is 5.91 Å². The van der Waals surface area contributed by atoms with Crippen molar-refractivity contribution in [2.24, 2.45) is 5.92 Å². The number of hydrogen-bond donors (Lipinski definition) is 0. The van der Waals surface area contributed by atoms with E-state index in [-0.39, 0.29) is 17.7 Å². The Morgan fingerprint density at radius 1 is 0.893 bits per heavy atom. The van der Waals surface area contributed by atoms with Gasteiger partial charge in [-0.15, -0.1) is 0 Å². The summed E-state index contributed by atoms with van der Waals surface area (Å²) in [4.78, 5) is 29.4. The van der Waals surface area contributed by atoms with E-state index in [4.69, 9.17) is 14.2 Å². The quantitative estimate of drug-likeness (QED) is 0.714. The third-order valence-electron chi connectivity index (χ3n) is 5.34. The first kappa shape index (κ1) is 21.9. The largest absolute Gasteiger partial charge is 0.493 e. The summed E-state index contributed by atoms with van der Waals surface area (Å²) in [6.07, 6.45) is 2.46. The summed E-state index contributed by atoms with van der Waals surface area (Å²) in [5, 5.41) is 0. The van der Waals surface area contributed by atoms with E-state index in [0.717, 1.165) is 19.3 Å². The first-order valence-electron chi connectivity index (χ1n) is 9.88. The van der Waals surface area contributed by atoms with Gasteiger partial charge in [-0.1, -0.05) is 13.8 Å². The van der Waals surface area contributed by atoms with Gasteiger partial charge in [0.2, 0.25) is 11.7 Å². The molecule has 0 radical (unpaired) electrons. The van der Waals surface area contributed by atoms with Gasteiger partial charge >= 0.3 is 0 Å². The zero-order chi connectivity index (χ0) is 20.7. The zero-order valence-electron chi connectivity index (χ0n) is 17.6. The molecule has 1 fully saturated rings. The van der Waals surface area contributed by atoms with E-state index in [1.165, 1.54) is 21.3 Å². The summed E-state index contributed by atoms with van der Waals surface area (Å²) in [6, 6.07) is 3.34. The third kappa shape index (κ3) is 4.69. The maximum absolute atomic E-state index is 13.1. The minimum Gasteiger partial charge on any atom is -0.493 e. The maximum atomic E-state index is 13.1. The highest BCUT2D eigenvalue weighted by Crippen LogP contribution is 2.38. The van der Waals surface area contributed by atoms with Crippen molar-refractivity contribution >= 4 is 11.8 Å². The van der Waals surface area contributed by atoms with Gasteiger partial charge in [0.15, 0.2) is 11.5 Å². The van der Waals surface area contributed by atoms with E-state index in [1.54, 1.807) is 17.0 Å². The van der Waals surface area contributed by atoms with Gasteiger partial charge in [0.1, 0.15) is 0 Å². The Balaban J connectivity index is 2.16. The summed E-state index contributed by atoms with van der Waals surface area (Å²) in [5.74, 6) is 1.52. The highest BCUT2D eigenvalue weighted by Gasteiger charge is 2.27. The first-order chi connectivity index (χ1) is 13.5. The molecule has 0 spiro atoms. The Kier molecular flexibility index (Phi) is 7.96. The number of carbonyl (C=O) groups excluding carboxylic acids is 2. The summed E-state index contributed by atoms with van der Waals surface area (Å²) >= 11 is 0. The molecular weight excluding hydrogens is 360 g/mol. The van der Waals surface area contributed by atoms with E-state index in [0.29, 0.717) is 49.0 Å². The summed E-state index contributed by atoms with van der Waals surface area (Å²) < 4.78 is 16.0. The smallest absolute Gasteiger partial charge is 0.254 e. The molecule has 2 rings (SSSR count). The average molecular weight is 392 g/mol. The highest BCUT2D eigenvalue weighted by molar-refractivity contribution is 5.95. The summed E-state index contributed by atoms with van der Waals surface area (Å²) in [5.41, 5.74) is 0.481. The summed E-state index contributed by atoms with van der Waals surface area (Å²) in [6.45, 7) is 6.47. The molecule has 28 heavy (non-hydrogen) atoms. The Morgan fingerprint density at radius 3 is 1.93 bits per heavy atom. The Morgan fingerprint density at radius 2 is 1.43 bits per heavy atom. The fourth-order valence-electron chi connectivity index (χ4n) is 3.62. The van der Waals surface area contributed by atoms with Gasteiger partial charge in [0, 0.05) is 37.7 Å². The number of amides is 2. The van der Waals surface area contributed by atoms with Crippen molar-refractivity contribution in [3.63, 3.8) is 0 Å². The lowest BCUT2D eigenvalue weighted by molar-refractivity contribution is -0.135. The number of methoxy groups -OCH3 is 3. The third-order valence-corrected chi connectivity index (χ3v) is 5.34. The van der Waals surface area contributed by atoms with Crippen LogP contribution >= 0.6 is 0 Å². The van der Waals surface area contributed by atoms with Crippen LogP contribution in [0.25, 0.3) is 0 Å². The molecular formula is C21H32N2O5. The Labute approximate surface area is 167 Å². The lowest BCUT2D eigenvalue weighted by Crippen LogP contribution is -2.39. The van der Waals surface area contributed by atoms with Crippen LogP contribution in [-0.2, 0) is 4.79 Å². The fourth-order valence-corrected chi connectivity index (χ4v) is 3.62. The molecule has 0 saturated carbocycles. The second kappa shape index (κ2) is 10.2. The van der Waals surface area contributed by atoms with Crippen molar-refractivity contribution in [1.29, 1.82) is 0 Å². The van der Waals surface area contributed by atoms with Crippen LogP contribution < -0.4 is 14.2 Å². The maximum Gasteiger partial charge on any atom is 0.254 e. The van der Waals surface area contributed by atoms with Gasteiger partial charge in [0.05, 0.1) is 21.3 Å². The predicted molar refractivity (Wildman–Crippen MR) is 107 cm³/mol. The van der Waals surface area contributed by atoms with Gasteiger partial charge < -0.3 is 24.0 Å². The molecule has 0 atom stereocenters. The molecule has 0 bridgehead atoms. The predicted octanol–water partition coefficient (Wildman–Crippen LogP) is 2.82. The first-order valence-corrected chi connectivity index (χ1v) is 9.88. The average Bonchev–Trinajstić information content (AvgIpc) is 2.99. The van der Waals surface area contributed by atoms with E-state index < -0.39 is 0 Å². The second-order valence-corrected chi connectivity index (χ2v) is 6.90. The van der Waals surface area contributed by atoms with Crippen molar-refractivity contribution in [3.8, 4) is 17.2 Å². The number of benzene rings is 1. The minimum atomic E-state index is -0.101. The van der Waals surface area contributed by atoms with Crippen LogP contribution in [0.1, 0.15) is 43.5 Å². The molecule has 0 aromatic heterocycles. The fraction of sp³-hybridized carbons (Fsp3) is 0.619. The van der Waals surface area contributed by atoms with Crippen LogP contribution in [0.3, 0.4) is 0 Å². The van der Waals surface area contributed by atoms with Crippen molar-refractivity contribution in [2.75, 3.05) is 47.5 Å². The topological polar surface area (TPSA) is 68.3 Å². The Hall–Kier alpha value is -2.44. The van der Waals surface area contributed by atoms with Gasteiger partial charge in [-0.05, 0) is 31.4 Å². The highest BCUT2D eigenvalue weighted by atomic mass is 16.5. The molecule has 0 aliphatic carbocycles.